The average Bonchev–Trinajstić information content (AvgIpc) is 2.46. The summed E-state index contributed by atoms with van der Waals surface area (Å²) >= 11 is 2.26. The maximum atomic E-state index is 11.3. The SMILES string of the molecule is CCS(=O)(=O)CCCn1nc(C)c(I)c1C. The Kier molecular flexibility index (Phi) is 4.78. The molecule has 0 unspecified atom stereocenters. The predicted octanol–water partition coefficient (Wildman–Crippen LogP) is 1.93. The summed E-state index contributed by atoms with van der Waals surface area (Å²) < 4.78 is 25.7. The zero-order valence-corrected chi connectivity index (χ0v) is 12.8. The summed E-state index contributed by atoms with van der Waals surface area (Å²) in [6.07, 6.45) is 0.633. The molecule has 0 fully saturated rings. The quantitative estimate of drug-likeness (QED) is 0.758. The number of sulfone groups is 1. The van der Waals surface area contributed by atoms with Crippen LogP contribution in [0.25, 0.3) is 0 Å². The van der Waals surface area contributed by atoms with E-state index in [0.717, 1.165) is 15.0 Å². The molecule has 0 N–H and O–H groups in total. The van der Waals surface area contributed by atoms with Crippen LogP contribution in [0.2, 0.25) is 0 Å². The van der Waals surface area contributed by atoms with Gasteiger partial charge in [0.2, 0.25) is 0 Å². The lowest BCUT2D eigenvalue weighted by Gasteiger charge is -2.04. The molecule has 92 valence electrons. The molecule has 4 nitrogen and oxygen atoms in total. The van der Waals surface area contributed by atoms with E-state index < -0.39 is 9.84 Å². The Hall–Kier alpha value is -0.110. The van der Waals surface area contributed by atoms with Gasteiger partial charge in [-0.2, -0.15) is 5.10 Å². The van der Waals surface area contributed by atoms with Crippen LogP contribution < -0.4 is 0 Å². The van der Waals surface area contributed by atoms with Gasteiger partial charge in [0, 0.05) is 18.0 Å². The summed E-state index contributed by atoms with van der Waals surface area (Å²) in [5.74, 6) is 0.472. The first-order valence-electron chi connectivity index (χ1n) is 5.27. The Labute approximate surface area is 110 Å². The molecule has 0 amide bonds. The molecule has 0 aliphatic rings. The van der Waals surface area contributed by atoms with Crippen LogP contribution in [0.5, 0.6) is 0 Å². The van der Waals surface area contributed by atoms with Gasteiger partial charge in [-0.1, -0.05) is 6.92 Å². The first kappa shape index (κ1) is 14.0. The fraction of sp³-hybridized carbons (Fsp3) is 0.700. The zero-order valence-electron chi connectivity index (χ0n) is 9.83. The van der Waals surface area contributed by atoms with E-state index in [2.05, 4.69) is 27.7 Å². The summed E-state index contributed by atoms with van der Waals surface area (Å²) in [5, 5.41) is 4.37. The lowest BCUT2D eigenvalue weighted by Crippen LogP contribution is -2.12. The topological polar surface area (TPSA) is 52.0 Å². The molecule has 16 heavy (non-hydrogen) atoms. The third-order valence-electron chi connectivity index (χ3n) is 2.56. The van der Waals surface area contributed by atoms with Gasteiger partial charge in [-0.3, -0.25) is 4.68 Å². The van der Waals surface area contributed by atoms with E-state index in [1.54, 1.807) is 6.92 Å². The van der Waals surface area contributed by atoms with Crippen molar-refractivity contribution in [1.29, 1.82) is 0 Å². The van der Waals surface area contributed by atoms with E-state index >= 15 is 0 Å². The number of hydrogen-bond acceptors (Lipinski definition) is 3. The molecule has 0 radical (unpaired) electrons. The average molecular weight is 356 g/mol. The van der Waals surface area contributed by atoms with Crippen molar-refractivity contribution in [2.75, 3.05) is 11.5 Å². The second-order valence-corrected chi connectivity index (χ2v) is 7.35. The number of aromatic nitrogens is 2. The van der Waals surface area contributed by atoms with Crippen molar-refractivity contribution < 1.29 is 8.42 Å². The molecule has 0 saturated carbocycles. The molecule has 0 saturated heterocycles. The second kappa shape index (κ2) is 5.48. The van der Waals surface area contributed by atoms with E-state index in [4.69, 9.17) is 0 Å². The molecule has 0 spiro atoms. The largest absolute Gasteiger partial charge is 0.268 e. The van der Waals surface area contributed by atoms with Crippen LogP contribution in [0.3, 0.4) is 0 Å². The van der Waals surface area contributed by atoms with Crippen LogP contribution in [-0.4, -0.2) is 29.7 Å². The maximum Gasteiger partial charge on any atom is 0.150 e. The van der Waals surface area contributed by atoms with E-state index in [9.17, 15) is 8.42 Å². The molecular weight excluding hydrogens is 339 g/mol. The van der Waals surface area contributed by atoms with Crippen LogP contribution >= 0.6 is 22.6 Å². The van der Waals surface area contributed by atoms with Crippen LogP contribution in [-0.2, 0) is 16.4 Å². The number of aryl methyl sites for hydroxylation is 2. The Morgan fingerprint density at radius 1 is 1.38 bits per heavy atom. The zero-order chi connectivity index (χ0) is 12.3. The normalized spacial score (nSPS) is 12.0. The van der Waals surface area contributed by atoms with Gasteiger partial charge in [0.1, 0.15) is 9.84 Å². The number of nitrogens with zero attached hydrogens (tertiary/aromatic N) is 2. The minimum absolute atomic E-state index is 0.224. The van der Waals surface area contributed by atoms with Gasteiger partial charge in [-0.25, -0.2) is 8.42 Å². The van der Waals surface area contributed by atoms with Crippen molar-refractivity contribution in [3.8, 4) is 0 Å². The highest BCUT2D eigenvalue weighted by molar-refractivity contribution is 14.1. The number of halogens is 1. The standard InChI is InChI=1S/C10H17IN2O2S/c1-4-16(14,15)7-5-6-13-9(3)10(11)8(2)12-13/h4-7H2,1-3H3. The summed E-state index contributed by atoms with van der Waals surface area (Å²) in [7, 11) is -2.85. The molecule has 1 heterocycles. The predicted molar refractivity (Wildman–Crippen MR) is 73.4 cm³/mol. The summed E-state index contributed by atoms with van der Waals surface area (Å²) in [6.45, 7) is 6.33. The van der Waals surface area contributed by atoms with Crippen molar-refractivity contribution in [2.24, 2.45) is 0 Å². The number of hydrogen-bond donors (Lipinski definition) is 0. The molecule has 1 aromatic rings. The van der Waals surface area contributed by atoms with Gasteiger partial charge in [0.05, 0.1) is 15.0 Å². The summed E-state index contributed by atoms with van der Waals surface area (Å²) in [6, 6.07) is 0. The molecule has 1 aromatic heterocycles. The fourth-order valence-corrected chi connectivity index (χ4v) is 2.72. The van der Waals surface area contributed by atoms with E-state index in [1.165, 1.54) is 0 Å². The van der Waals surface area contributed by atoms with Crippen LogP contribution in [0, 0.1) is 17.4 Å². The first-order chi connectivity index (χ1) is 7.37. The van der Waals surface area contributed by atoms with Crippen molar-refractivity contribution in [1.82, 2.24) is 9.78 Å². The monoisotopic (exact) mass is 356 g/mol. The molecule has 0 aliphatic heterocycles. The fourth-order valence-electron chi connectivity index (χ4n) is 1.47. The number of rotatable bonds is 5. The van der Waals surface area contributed by atoms with Gasteiger partial charge >= 0.3 is 0 Å². The van der Waals surface area contributed by atoms with Crippen LogP contribution in [0.1, 0.15) is 24.7 Å². The van der Waals surface area contributed by atoms with Gasteiger partial charge in [-0.15, -0.1) is 0 Å². The lowest BCUT2D eigenvalue weighted by molar-refractivity contribution is 0.564. The minimum Gasteiger partial charge on any atom is -0.268 e. The van der Waals surface area contributed by atoms with E-state index in [0.29, 0.717) is 13.0 Å². The van der Waals surface area contributed by atoms with Crippen molar-refractivity contribution in [3.05, 3.63) is 15.0 Å². The van der Waals surface area contributed by atoms with Gasteiger partial charge in [0.15, 0.2) is 0 Å². The van der Waals surface area contributed by atoms with E-state index in [1.807, 2.05) is 18.5 Å². The van der Waals surface area contributed by atoms with Crippen molar-refractivity contribution >= 4 is 32.4 Å². The maximum absolute atomic E-state index is 11.3. The first-order valence-corrected chi connectivity index (χ1v) is 8.17. The van der Waals surface area contributed by atoms with Gasteiger partial charge in [0.25, 0.3) is 0 Å². The molecule has 1 rings (SSSR count). The van der Waals surface area contributed by atoms with E-state index in [-0.39, 0.29) is 11.5 Å². The molecular formula is C10H17IN2O2S. The Bertz CT molecular complexity index is 465. The third-order valence-corrected chi connectivity index (χ3v) is 5.91. The van der Waals surface area contributed by atoms with Crippen LogP contribution in [0.15, 0.2) is 0 Å². The Morgan fingerprint density at radius 2 is 2.00 bits per heavy atom. The Morgan fingerprint density at radius 3 is 2.44 bits per heavy atom. The minimum atomic E-state index is -2.85. The third kappa shape index (κ3) is 3.44. The lowest BCUT2D eigenvalue weighted by atomic mass is 10.4. The molecule has 0 atom stereocenters. The smallest absolute Gasteiger partial charge is 0.150 e. The highest BCUT2D eigenvalue weighted by atomic mass is 127. The van der Waals surface area contributed by atoms with Crippen LogP contribution in [0.4, 0.5) is 0 Å². The molecule has 0 aliphatic carbocycles. The Balaban J connectivity index is 2.59. The summed E-state index contributed by atoms with van der Waals surface area (Å²) in [5.41, 5.74) is 2.13. The highest BCUT2D eigenvalue weighted by Crippen LogP contribution is 2.15. The van der Waals surface area contributed by atoms with Crippen molar-refractivity contribution in [2.45, 2.75) is 33.7 Å². The summed E-state index contributed by atoms with van der Waals surface area (Å²) in [4.78, 5) is 0. The molecule has 0 bridgehead atoms. The van der Waals surface area contributed by atoms with Gasteiger partial charge in [-0.05, 0) is 42.9 Å². The second-order valence-electron chi connectivity index (χ2n) is 3.80. The highest BCUT2D eigenvalue weighted by Gasteiger charge is 2.10. The van der Waals surface area contributed by atoms with Gasteiger partial charge < -0.3 is 0 Å². The van der Waals surface area contributed by atoms with Crippen molar-refractivity contribution in [3.63, 3.8) is 0 Å². The molecule has 0 aromatic carbocycles. The molecule has 6 heteroatoms.